The van der Waals surface area contributed by atoms with E-state index in [0.29, 0.717) is 6.04 Å². The smallest absolute Gasteiger partial charge is 0.264 e. The van der Waals surface area contributed by atoms with Gasteiger partial charge in [0.2, 0.25) is 0 Å². The molecule has 0 spiro atoms. The fraction of sp³-hybridized carbons (Fsp3) is 0.538. The molecular weight excluding hydrogens is 214 g/mol. The number of aromatic amines is 1. The molecule has 4 heteroatoms. The van der Waals surface area contributed by atoms with E-state index < -0.39 is 0 Å². The second-order valence-corrected chi connectivity index (χ2v) is 4.51. The number of nitrogens with zero attached hydrogens (tertiary/aromatic N) is 1. The van der Waals surface area contributed by atoms with Crippen LogP contribution in [-0.4, -0.2) is 16.2 Å². The van der Waals surface area contributed by atoms with Gasteiger partial charge in [-0.2, -0.15) is 5.10 Å². The molecule has 0 saturated carbocycles. The van der Waals surface area contributed by atoms with Gasteiger partial charge in [-0.1, -0.05) is 18.6 Å². The summed E-state index contributed by atoms with van der Waals surface area (Å²) in [6, 6.07) is 2.00. The summed E-state index contributed by atoms with van der Waals surface area (Å²) in [5.41, 5.74) is 3.28. The maximum Gasteiger partial charge on any atom is 0.264 e. The van der Waals surface area contributed by atoms with Crippen LogP contribution in [0, 0.1) is 0 Å². The Morgan fingerprint density at radius 2 is 2.41 bits per heavy atom. The first-order valence-corrected chi connectivity index (χ1v) is 6.14. The molecule has 0 aromatic carbocycles. The molecule has 0 saturated heterocycles. The Morgan fingerprint density at radius 1 is 1.65 bits per heavy atom. The molecule has 0 aliphatic carbocycles. The molecule has 17 heavy (non-hydrogen) atoms. The molecule has 0 radical (unpaired) electrons. The van der Waals surface area contributed by atoms with Crippen molar-refractivity contribution in [1.29, 1.82) is 0 Å². The van der Waals surface area contributed by atoms with Crippen LogP contribution < -0.4 is 10.9 Å². The van der Waals surface area contributed by atoms with E-state index in [9.17, 15) is 4.79 Å². The van der Waals surface area contributed by atoms with E-state index in [1.807, 2.05) is 0 Å². The molecule has 1 aromatic heterocycles. The van der Waals surface area contributed by atoms with E-state index in [2.05, 4.69) is 42.4 Å². The van der Waals surface area contributed by atoms with Crippen molar-refractivity contribution in [2.45, 2.75) is 45.7 Å². The number of fused-ring (bicyclic) bond motifs is 1. The first-order chi connectivity index (χ1) is 8.17. The molecule has 2 unspecified atom stereocenters. The lowest BCUT2D eigenvalue weighted by molar-refractivity contribution is 0.442. The summed E-state index contributed by atoms with van der Waals surface area (Å²) < 4.78 is 0. The Labute approximate surface area is 101 Å². The van der Waals surface area contributed by atoms with Gasteiger partial charge in [0.25, 0.3) is 5.56 Å². The van der Waals surface area contributed by atoms with Crippen molar-refractivity contribution in [3.05, 3.63) is 39.3 Å². The van der Waals surface area contributed by atoms with Gasteiger partial charge in [0.1, 0.15) is 0 Å². The van der Waals surface area contributed by atoms with Gasteiger partial charge in [0.05, 0.1) is 5.69 Å². The zero-order valence-electron chi connectivity index (χ0n) is 10.6. The summed E-state index contributed by atoms with van der Waals surface area (Å²) in [5, 5.41) is 10.2. The molecule has 1 aromatic rings. The topological polar surface area (TPSA) is 57.8 Å². The van der Waals surface area contributed by atoms with Crippen molar-refractivity contribution in [1.82, 2.24) is 15.5 Å². The standard InChI is InChI=1S/C13H19N3O/c1-4-9(5-2)12-8(3)14-7-10-6-11(17)15-16-13(10)12/h4,6,8,12,14H,5,7H2,1-3H3,(H,15,17)/b9-4+. The average Bonchev–Trinajstić information content (AvgIpc) is 2.33. The van der Waals surface area contributed by atoms with Crippen LogP contribution in [-0.2, 0) is 6.54 Å². The van der Waals surface area contributed by atoms with Gasteiger partial charge < -0.3 is 5.32 Å². The zero-order valence-corrected chi connectivity index (χ0v) is 10.6. The van der Waals surface area contributed by atoms with Crippen LogP contribution in [0.1, 0.15) is 44.4 Å². The van der Waals surface area contributed by atoms with Crippen molar-refractivity contribution in [2.75, 3.05) is 0 Å². The van der Waals surface area contributed by atoms with Crippen LogP contribution in [0.4, 0.5) is 0 Å². The first-order valence-electron chi connectivity index (χ1n) is 6.14. The van der Waals surface area contributed by atoms with Crippen LogP contribution in [0.5, 0.6) is 0 Å². The number of hydrogen-bond donors (Lipinski definition) is 2. The van der Waals surface area contributed by atoms with E-state index in [1.54, 1.807) is 6.07 Å². The fourth-order valence-electron chi connectivity index (χ4n) is 2.59. The maximum absolute atomic E-state index is 11.3. The monoisotopic (exact) mass is 233 g/mol. The van der Waals surface area contributed by atoms with Crippen LogP contribution in [0.15, 0.2) is 22.5 Å². The number of aromatic nitrogens is 2. The fourth-order valence-corrected chi connectivity index (χ4v) is 2.59. The van der Waals surface area contributed by atoms with E-state index in [0.717, 1.165) is 24.2 Å². The van der Waals surface area contributed by atoms with E-state index in [-0.39, 0.29) is 11.5 Å². The minimum Gasteiger partial charge on any atom is -0.309 e. The van der Waals surface area contributed by atoms with E-state index in [4.69, 9.17) is 0 Å². The highest BCUT2D eigenvalue weighted by molar-refractivity contribution is 5.33. The van der Waals surface area contributed by atoms with Crippen molar-refractivity contribution in [2.24, 2.45) is 0 Å². The molecule has 1 aliphatic rings. The molecule has 0 fully saturated rings. The molecule has 92 valence electrons. The summed E-state index contributed by atoms with van der Waals surface area (Å²) in [6.07, 6.45) is 3.16. The minimum absolute atomic E-state index is 0.127. The van der Waals surface area contributed by atoms with Crippen molar-refractivity contribution in [3.8, 4) is 0 Å². The van der Waals surface area contributed by atoms with E-state index >= 15 is 0 Å². The second-order valence-electron chi connectivity index (χ2n) is 4.51. The summed E-state index contributed by atoms with van der Waals surface area (Å²) >= 11 is 0. The predicted octanol–water partition coefficient (Wildman–Crippen LogP) is 1.70. The summed E-state index contributed by atoms with van der Waals surface area (Å²) in [6.45, 7) is 7.11. The van der Waals surface area contributed by atoms with Crippen molar-refractivity contribution >= 4 is 0 Å². The third-order valence-corrected chi connectivity index (χ3v) is 3.51. The normalized spacial score (nSPS) is 24.5. The molecule has 4 nitrogen and oxygen atoms in total. The third kappa shape index (κ3) is 2.17. The lowest BCUT2D eigenvalue weighted by Crippen LogP contribution is -2.39. The molecule has 2 heterocycles. The number of H-pyrrole nitrogens is 1. The highest BCUT2D eigenvalue weighted by atomic mass is 16.1. The average molecular weight is 233 g/mol. The third-order valence-electron chi connectivity index (χ3n) is 3.51. The highest BCUT2D eigenvalue weighted by Gasteiger charge is 2.29. The summed E-state index contributed by atoms with van der Waals surface area (Å²) in [7, 11) is 0. The number of allylic oxidation sites excluding steroid dienone is 1. The Hall–Kier alpha value is -1.42. The SMILES string of the molecule is C/C=C(\CC)C1c2n[nH]c(=O)cc2CNC1C. The molecular formula is C13H19N3O. The second kappa shape index (κ2) is 4.84. The molecule has 0 bridgehead atoms. The molecule has 1 aliphatic heterocycles. The molecule has 2 rings (SSSR count). The Bertz CT molecular complexity index is 490. The van der Waals surface area contributed by atoms with Crippen LogP contribution in [0.2, 0.25) is 0 Å². The lowest BCUT2D eigenvalue weighted by atomic mass is 9.83. The lowest BCUT2D eigenvalue weighted by Gasteiger charge is -2.32. The van der Waals surface area contributed by atoms with Crippen molar-refractivity contribution in [3.63, 3.8) is 0 Å². The van der Waals surface area contributed by atoms with E-state index in [1.165, 1.54) is 5.57 Å². The quantitative estimate of drug-likeness (QED) is 0.764. The minimum atomic E-state index is -0.127. The number of rotatable bonds is 2. The predicted molar refractivity (Wildman–Crippen MR) is 67.9 cm³/mol. The van der Waals surface area contributed by atoms with Gasteiger partial charge in [-0.15, -0.1) is 0 Å². The van der Waals surface area contributed by atoms with Gasteiger partial charge in [0, 0.05) is 24.6 Å². The number of nitrogens with one attached hydrogen (secondary N) is 2. The Kier molecular flexibility index (Phi) is 3.43. The Balaban J connectivity index is 2.50. The van der Waals surface area contributed by atoms with Gasteiger partial charge in [-0.05, 0) is 25.8 Å². The largest absolute Gasteiger partial charge is 0.309 e. The van der Waals surface area contributed by atoms with Gasteiger partial charge >= 0.3 is 0 Å². The van der Waals surface area contributed by atoms with Crippen LogP contribution in [0.25, 0.3) is 0 Å². The van der Waals surface area contributed by atoms with Crippen LogP contribution in [0.3, 0.4) is 0 Å². The van der Waals surface area contributed by atoms with Gasteiger partial charge in [-0.25, -0.2) is 5.10 Å². The first kappa shape index (κ1) is 12.0. The molecule has 0 amide bonds. The number of hydrogen-bond acceptors (Lipinski definition) is 3. The molecule has 2 atom stereocenters. The Morgan fingerprint density at radius 3 is 3.06 bits per heavy atom. The zero-order chi connectivity index (χ0) is 12.4. The van der Waals surface area contributed by atoms with Crippen molar-refractivity contribution < 1.29 is 0 Å². The summed E-state index contributed by atoms with van der Waals surface area (Å²) in [4.78, 5) is 11.3. The van der Waals surface area contributed by atoms with Gasteiger partial charge in [0.15, 0.2) is 0 Å². The van der Waals surface area contributed by atoms with Crippen LogP contribution >= 0.6 is 0 Å². The highest BCUT2D eigenvalue weighted by Crippen LogP contribution is 2.32. The molecule has 2 N–H and O–H groups in total. The summed E-state index contributed by atoms with van der Waals surface area (Å²) in [5.74, 6) is 0.269. The maximum atomic E-state index is 11.3. The van der Waals surface area contributed by atoms with Gasteiger partial charge in [-0.3, -0.25) is 4.79 Å².